The van der Waals surface area contributed by atoms with Crippen LogP contribution in [0.15, 0.2) is 182 Å². The average Bonchev–Trinajstić information content (AvgIpc) is 4.10. The van der Waals surface area contributed by atoms with E-state index in [1.165, 1.54) is 0 Å². The summed E-state index contributed by atoms with van der Waals surface area (Å²) in [5.74, 6) is -0.304. The van der Waals surface area contributed by atoms with Crippen molar-refractivity contribution in [3.8, 4) is 34.9 Å². The van der Waals surface area contributed by atoms with Crippen LogP contribution in [0.5, 0.6) is 0 Å². The minimum Gasteiger partial charge on any atom is -0.309 e. The molecule has 13 aromatic rings. The van der Waals surface area contributed by atoms with Crippen LogP contribution in [-0.4, -0.2) is 18.3 Å². The van der Waals surface area contributed by atoms with Crippen LogP contribution in [-0.2, 0) is 0 Å². The Bertz CT molecular complexity index is 4060. The Morgan fingerprint density at radius 3 is 1.03 bits per heavy atom. The fraction of sp³-hybridized carbons (Fsp3) is 0.0968. The molecule has 0 unspecified atom stereocenters. The number of fused-ring (bicyclic) bond motifs is 14. The molecule has 0 amide bonds. The smallest absolute Gasteiger partial charge is 0.102 e. The van der Waals surface area contributed by atoms with Crippen molar-refractivity contribution in [2.45, 2.75) is 39.5 Å². The third kappa shape index (κ3) is 5.26. The number of nitriles is 2. The largest absolute Gasteiger partial charge is 0.309 e. The summed E-state index contributed by atoms with van der Waals surface area (Å²) in [6, 6.07) is 70.3. The van der Waals surface area contributed by atoms with Crippen molar-refractivity contribution in [1.29, 1.82) is 10.5 Å². The zero-order valence-electron chi connectivity index (χ0n) is 38.2. The molecule has 0 atom stereocenters. The Morgan fingerprint density at radius 2 is 0.662 bits per heavy atom. The molecule has 4 heterocycles. The third-order valence-electron chi connectivity index (χ3n) is 14.3. The van der Waals surface area contributed by atoms with Gasteiger partial charge in [0.25, 0.3) is 0 Å². The maximum Gasteiger partial charge on any atom is 0.102 e. The lowest BCUT2D eigenvalue weighted by molar-refractivity contribution is 0.815. The summed E-state index contributed by atoms with van der Waals surface area (Å²) >= 11 is 0. The first-order chi connectivity index (χ1) is 33.4. The highest BCUT2D eigenvalue weighted by molar-refractivity contribution is 6.28. The first-order valence-electron chi connectivity index (χ1n) is 23.5. The Balaban J connectivity index is 1.29. The molecule has 0 N–H and O–H groups in total. The number of nitrogens with zero attached hydrogens (tertiary/aromatic N) is 6. The molecular weight excluding hydrogens is 829 g/mol. The molecule has 0 saturated carbocycles. The van der Waals surface area contributed by atoms with Gasteiger partial charge in [0.1, 0.15) is 12.1 Å². The van der Waals surface area contributed by atoms with E-state index >= 15 is 0 Å². The van der Waals surface area contributed by atoms with Gasteiger partial charge in [-0.1, -0.05) is 149 Å². The average molecular weight is 873 g/mol. The second-order valence-electron chi connectivity index (χ2n) is 18.6. The molecule has 0 aliphatic heterocycles. The van der Waals surface area contributed by atoms with E-state index in [0.29, 0.717) is 11.1 Å². The summed E-state index contributed by atoms with van der Waals surface area (Å²) in [6.07, 6.45) is 0. The number of aromatic nitrogens is 4. The first kappa shape index (κ1) is 39.5. The molecule has 0 spiro atoms. The van der Waals surface area contributed by atoms with E-state index in [1.807, 2.05) is 0 Å². The molecular formula is C62H44N6. The van der Waals surface area contributed by atoms with Gasteiger partial charge < -0.3 is 18.3 Å². The highest BCUT2D eigenvalue weighted by atomic mass is 15.1. The fourth-order valence-electron chi connectivity index (χ4n) is 11.8. The summed E-state index contributed by atoms with van der Waals surface area (Å²) in [7, 11) is 0. The number of hydrogen-bond acceptors (Lipinski definition) is 2. The zero-order chi connectivity index (χ0) is 45.9. The van der Waals surface area contributed by atoms with Crippen LogP contribution in [0, 0.1) is 22.7 Å². The number of rotatable bonds is 6. The molecule has 322 valence electrons. The van der Waals surface area contributed by atoms with Crippen molar-refractivity contribution >= 4 is 87.2 Å². The van der Waals surface area contributed by atoms with Crippen LogP contribution in [0.2, 0.25) is 0 Å². The summed E-state index contributed by atoms with van der Waals surface area (Å²) in [6.45, 7) is 8.67. The minimum absolute atomic E-state index is 0.137. The SMILES string of the molecule is CC(C)c1c(C#N)c(-n2c3ccccc3c3ccc4c(c5ccccc5n4-c4ccccc4)c32)c(C(C)C)c(-n2c3ccccc3c3ccc4c(c5ccccc5n4-c4ccccc4)c32)c1C#N. The van der Waals surface area contributed by atoms with Gasteiger partial charge in [-0.05, 0) is 78.1 Å². The van der Waals surface area contributed by atoms with Gasteiger partial charge in [0.05, 0.1) is 66.6 Å². The van der Waals surface area contributed by atoms with Gasteiger partial charge in [0.2, 0.25) is 0 Å². The summed E-state index contributed by atoms with van der Waals surface area (Å²) in [5.41, 5.74) is 15.0. The fourth-order valence-corrected chi connectivity index (χ4v) is 11.8. The van der Waals surface area contributed by atoms with Crippen molar-refractivity contribution in [2.24, 2.45) is 0 Å². The van der Waals surface area contributed by atoms with Crippen LogP contribution in [0.3, 0.4) is 0 Å². The van der Waals surface area contributed by atoms with Gasteiger partial charge >= 0.3 is 0 Å². The van der Waals surface area contributed by atoms with Gasteiger partial charge in [-0.25, -0.2) is 0 Å². The zero-order valence-corrected chi connectivity index (χ0v) is 38.2. The van der Waals surface area contributed by atoms with E-state index in [2.05, 4.69) is 240 Å². The van der Waals surface area contributed by atoms with Gasteiger partial charge in [-0.15, -0.1) is 0 Å². The lowest BCUT2D eigenvalue weighted by Crippen LogP contribution is -2.16. The van der Waals surface area contributed by atoms with Gasteiger partial charge in [-0.2, -0.15) is 10.5 Å². The van der Waals surface area contributed by atoms with Crippen LogP contribution in [0.25, 0.3) is 110 Å². The highest BCUT2D eigenvalue weighted by Gasteiger charge is 2.33. The highest BCUT2D eigenvalue weighted by Crippen LogP contribution is 2.50. The van der Waals surface area contributed by atoms with Gasteiger partial charge in [0.15, 0.2) is 0 Å². The Morgan fingerprint density at radius 1 is 0.324 bits per heavy atom. The number of hydrogen-bond donors (Lipinski definition) is 0. The van der Waals surface area contributed by atoms with Gasteiger partial charge in [-0.3, -0.25) is 0 Å². The van der Waals surface area contributed by atoms with Crippen molar-refractivity contribution in [1.82, 2.24) is 18.3 Å². The van der Waals surface area contributed by atoms with E-state index in [0.717, 1.165) is 121 Å². The molecule has 0 saturated heterocycles. The standard InChI is InChI=1S/C62H44N6/c1-37(2)55-47(35-63)61(67-49-27-15-11-23-41(49)43-31-33-53-57(59(43)67)45-25-13-17-29-51(45)65(53)39-19-7-5-8-20-39)56(38(3)4)62(48(55)36-64)68-50-28-16-12-24-42(50)44-32-34-54-58(60(44)68)46-26-14-18-30-52(46)66(54)40-21-9-6-10-22-40/h5-34,37-38H,1-4H3. The van der Waals surface area contributed by atoms with Crippen molar-refractivity contribution in [3.63, 3.8) is 0 Å². The molecule has 0 bridgehead atoms. The van der Waals surface area contributed by atoms with Crippen LogP contribution in [0.4, 0.5) is 0 Å². The second kappa shape index (κ2) is 14.8. The molecule has 0 aliphatic carbocycles. The molecule has 0 fully saturated rings. The first-order valence-corrected chi connectivity index (χ1v) is 23.5. The van der Waals surface area contributed by atoms with Crippen LogP contribution < -0.4 is 0 Å². The summed E-state index contributed by atoms with van der Waals surface area (Å²) < 4.78 is 9.51. The molecule has 6 heteroatoms. The number of para-hydroxylation sites is 6. The van der Waals surface area contributed by atoms with E-state index in [-0.39, 0.29) is 11.8 Å². The van der Waals surface area contributed by atoms with E-state index < -0.39 is 0 Å². The molecule has 68 heavy (non-hydrogen) atoms. The van der Waals surface area contributed by atoms with Crippen molar-refractivity contribution in [2.75, 3.05) is 0 Å². The Labute approximate surface area is 392 Å². The van der Waals surface area contributed by atoms with Crippen LogP contribution in [0.1, 0.15) is 61.8 Å². The molecule has 4 aromatic heterocycles. The predicted molar refractivity (Wildman–Crippen MR) is 281 cm³/mol. The maximum absolute atomic E-state index is 11.8. The topological polar surface area (TPSA) is 67.3 Å². The molecule has 13 rings (SSSR count). The van der Waals surface area contributed by atoms with Gasteiger partial charge in [0, 0.05) is 60.0 Å². The van der Waals surface area contributed by atoms with E-state index in [1.54, 1.807) is 0 Å². The monoisotopic (exact) mass is 872 g/mol. The lowest BCUT2D eigenvalue weighted by atomic mass is 9.84. The lowest BCUT2D eigenvalue weighted by Gasteiger charge is -2.28. The quantitative estimate of drug-likeness (QED) is 0.167. The maximum atomic E-state index is 11.8. The van der Waals surface area contributed by atoms with Crippen molar-refractivity contribution in [3.05, 3.63) is 204 Å². The minimum atomic E-state index is -0.167. The molecule has 9 aromatic carbocycles. The second-order valence-corrected chi connectivity index (χ2v) is 18.6. The molecule has 0 radical (unpaired) electrons. The summed E-state index contributed by atoms with van der Waals surface area (Å²) in [4.78, 5) is 0. The number of benzene rings is 9. The molecule has 6 nitrogen and oxygen atoms in total. The Kier molecular flexibility index (Phi) is 8.62. The summed E-state index contributed by atoms with van der Waals surface area (Å²) in [5, 5.41) is 32.5. The molecule has 0 aliphatic rings. The van der Waals surface area contributed by atoms with E-state index in [4.69, 9.17) is 0 Å². The predicted octanol–water partition coefficient (Wildman–Crippen LogP) is 16.1. The van der Waals surface area contributed by atoms with Crippen molar-refractivity contribution < 1.29 is 0 Å². The third-order valence-corrected chi connectivity index (χ3v) is 14.3. The van der Waals surface area contributed by atoms with Crippen LogP contribution >= 0.6 is 0 Å². The normalized spacial score (nSPS) is 12.1. The van der Waals surface area contributed by atoms with E-state index in [9.17, 15) is 10.5 Å². The Hall–Kier alpha value is -8.84.